The van der Waals surface area contributed by atoms with Gasteiger partial charge in [-0.1, -0.05) is 37.3 Å². The van der Waals surface area contributed by atoms with Crippen molar-refractivity contribution in [2.75, 3.05) is 41.5 Å². The van der Waals surface area contributed by atoms with Crippen molar-refractivity contribution in [3.63, 3.8) is 0 Å². The van der Waals surface area contributed by atoms with Gasteiger partial charge in [0.25, 0.3) is 0 Å². The Balaban J connectivity index is 2.65. The van der Waals surface area contributed by atoms with Crippen LogP contribution in [-0.4, -0.2) is 46.6 Å². The Morgan fingerprint density at radius 2 is 1.50 bits per heavy atom. The zero-order chi connectivity index (χ0) is 20.4. The van der Waals surface area contributed by atoms with E-state index >= 15 is 0 Å². The quantitative estimate of drug-likeness (QED) is 0.560. The second-order valence-corrected chi connectivity index (χ2v) is 6.25. The lowest BCUT2D eigenvalue weighted by molar-refractivity contribution is 0.0438. The molecule has 0 amide bonds. The van der Waals surface area contributed by atoms with E-state index in [1.165, 1.54) is 0 Å². The summed E-state index contributed by atoms with van der Waals surface area (Å²) in [7, 11) is 4.79. The Morgan fingerprint density at radius 1 is 0.857 bits per heavy atom. The topological polar surface area (TPSA) is 66.4 Å². The van der Waals surface area contributed by atoms with E-state index in [9.17, 15) is 5.11 Å². The van der Waals surface area contributed by atoms with Gasteiger partial charge in [0, 0.05) is 33.0 Å². The van der Waals surface area contributed by atoms with Gasteiger partial charge in [-0.2, -0.15) is 0 Å². The lowest BCUT2D eigenvalue weighted by Gasteiger charge is -2.25. The number of benzene rings is 2. The van der Waals surface area contributed by atoms with Crippen LogP contribution < -0.4 is 9.47 Å². The predicted octanol–water partition coefficient (Wildman–Crippen LogP) is 3.49. The van der Waals surface area contributed by atoms with Crippen LogP contribution in [0.3, 0.4) is 0 Å². The van der Waals surface area contributed by atoms with Gasteiger partial charge in [0.2, 0.25) is 0 Å². The number of hydrogen-bond acceptors (Lipinski definition) is 6. The zero-order valence-corrected chi connectivity index (χ0v) is 17.1. The van der Waals surface area contributed by atoms with Crippen molar-refractivity contribution in [2.24, 2.45) is 0 Å². The number of methoxy groups -OCH3 is 3. The molecule has 1 N–H and O–H groups in total. The standard InChI is InChI=1S/C22H30O6/c1-5-17-18(11-12-24-2)21(22(23)16-9-7-6-8-10-16)20(28-15-26-4)13-19(17)27-14-25-3/h6-10,13,22-23H,5,11-12,14-15H2,1-4H3. The van der Waals surface area contributed by atoms with E-state index in [-0.39, 0.29) is 13.6 Å². The second kappa shape index (κ2) is 11.7. The van der Waals surface area contributed by atoms with Crippen LogP contribution in [-0.2, 0) is 27.1 Å². The van der Waals surface area contributed by atoms with Gasteiger partial charge in [-0.3, -0.25) is 0 Å². The van der Waals surface area contributed by atoms with Crippen LogP contribution in [0, 0.1) is 0 Å². The number of rotatable bonds is 12. The Labute approximate surface area is 166 Å². The minimum atomic E-state index is -0.846. The van der Waals surface area contributed by atoms with Gasteiger partial charge in [0.15, 0.2) is 13.6 Å². The predicted molar refractivity (Wildman–Crippen MR) is 107 cm³/mol. The summed E-state index contributed by atoms with van der Waals surface area (Å²) in [6.07, 6.45) is 0.505. The first kappa shape index (κ1) is 22.2. The molecule has 0 saturated heterocycles. The zero-order valence-electron chi connectivity index (χ0n) is 17.1. The fraction of sp³-hybridized carbons (Fsp3) is 0.455. The molecule has 0 bridgehead atoms. The van der Waals surface area contributed by atoms with E-state index < -0.39 is 6.10 Å². The highest BCUT2D eigenvalue weighted by Gasteiger charge is 2.25. The third kappa shape index (κ3) is 5.45. The molecule has 2 rings (SSSR count). The fourth-order valence-corrected chi connectivity index (χ4v) is 3.22. The monoisotopic (exact) mass is 390 g/mol. The van der Waals surface area contributed by atoms with Gasteiger partial charge in [-0.15, -0.1) is 0 Å². The number of ether oxygens (including phenoxy) is 5. The molecule has 28 heavy (non-hydrogen) atoms. The molecule has 0 aliphatic carbocycles. The molecule has 154 valence electrons. The summed E-state index contributed by atoms with van der Waals surface area (Å²) in [4.78, 5) is 0. The summed E-state index contributed by atoms with van der Waals surface area (Å²) < 4.78 is 27.1. The smallest absolute Gasteiger partial charge is 0.188 e. The number of aliphatic hydroxyl groups is 1. The molecular formula is C22H30O6. The van der Waals surface area contributed by atoms with Crippen molar-refractivity contribution < 1.29 is 28.8 Å². The summed E-state index contributed by atoms with van der Waals surface area (Å²) in [5.74, 6) is 1.19. The molecule has 0 heterocycles. The maximum Gasteiger partial charge on any atom is 0.188 e. The van der Waals surface area contributed by atoms with Gasteiger partial charge in [0.05, 0.1) is 6.61 Å². The maximum absolute atomic E-state index is 11.2. The summed E-state index contributed by atoms with van der Waals surface area (Å²) in [5, 5.41) is 11.2. The molecule has 0 aliphatic heterocycles. The molecule has 0 fully saturated rings. The third-order valence-electron chi connectivity index (χ3n) is 4.48. The molecule has 6 heteroatoms. The second-order valence-electron chi connectivity index (χ2n) is 6.25. The Morgan fingerprint density at radius 3 is 2.07 bits per heavy atom. The van der Waals surface area contributed by atoms with E-state index in [1.54, 1.807) is 27.4 Å². The van der Waals surface area contributed by atoms with Crippen LogP contribution in [0.2, 0.25) is 0 Å². The summed E-state index contributed by atoms with van der Waals surface area (Å²) in [5.41, 5.74) is 3.46. The fourth-order valence-electron chi connectivity index (χ4n) is 3.22. The first-order valence-corrected chi connectivity index (χ1v) is 9.31. The highest BCUT2D eigenvalue weighted by Crippen LogP contribution is 2.40. The van der Waals surface area contributed by atoms with E-state index in [1.807, 2.05) is 30.3 Å². The molecule has 0 radical (unpaired) electrons. The van der Waals surface area contributed by atoms with E-state index in [4.69, 9.17) is 23.7 Å². The van der Waals surface area contributed by atoms with Crippen LogP contribution >= 0.6 is 0 Å². The summed E-state index contributed by atoms with van der Waals surface area (Å²) in [6, 6.07) is 11.3. The summed E-state index contributed by atoms with van der Waals surface area (Å²) in [6.45, 7) is 2.76. The van der Waals surface area contributed by atoms with Gasteiger partial charge in [-0.25, -0.2) is 0 Å². The van der Waals surface area contributed by atoms with Crippen molar-refractivity contribution in [3.05, 3.63) is 58.7 Å². The molecule has 1 unspecified atom stereocenters. The van der Waals surface area contributed by atoms with E-state index in [2.05, 4.69) is 6.92 Å². The molecule has 1 atom stereocenters. The van der Waals surface area contributed by atoms with Crippen LogP contribution in [0.1, 0.15) is 35.3 Å². The minimum Gasteiger partial charge on any atom is -0.467 e. The van der Waals surface area contributed by atoms with E-state index in [0.717, 1.165) is 23.1 Å². The molecular weight excluding hydrogens is 360 g/mol. The number of aliphatic hydroxyl groups excluding tert-OH is 1. The average Bonchev–Trinajstić information content (AvgIpc) is 2.74. The lowest BCUT2D eigenvalue weighted by atomic mass is 9.89. The minimum absolute atomic E-state index is 0.0629. The van der Waals surface area contributed by atoms with Crippen LogP contribution in [0.15, 0.2) is 36.4 Å². The van der Waals surface area contributed by atoms with Crippen molar-refractivity contribution in [1.29, 1.82) is 0 Å². The Kier molecular flexibility index (Phi) is 9.23. The van der Waals surface area contributed by atoms with Gasteiger partial charge >= 0.3 is 0 Å². The van der Waals surface area contributed by atoms with Crippen LogP contribution in [0.5, 0.6) is 11.5 Å². The number of hydrogen-bond donors (Lipinski definition) is 1. The van der Waals surface area contributed by atoms with Crippen molar-refractivity contribution in [3.8, 4) is 11.5 Å². The van der Waals surface area contributed by atoms with Gasteiger partial charge in [-0.05, 0) is 29.5 Å². The van der Waals surface area contributed by atoms with Crippen LogP contribution in [0.25, 0.3) is 0 Å². The van der Waals surface area contributed by atoms with Crippen molar-refractivity contribution in [1.82, 2.24) is 0 Å². The molecule has 2 aromatic carbocycles. The highest BCUT2D eigenvalue weighted by molar-refractivity contribution is 5.56. The van der Waals surface area contributed by atoms with Crippen molar-refractivity contribution >= 4 is 0 Å². The van der Waals surface area contributed by atoms with Gasteiger partial charge < -0.3 is 28.8 Å². The van der Waals surface area contributed by atoms with Crippen molar-refractivity contribution in [2.45, 2.75) is 25.9 Å². The molecule has 2 aromatic rings. The van der Waals surface area contributed by atoms with E-state index in [0.29, 0.717) is 30.1 Å². The SMILES string of the molecule is CCc1c(OCOC)cc(OCOC)c(C(O)c2ccccc2)c1CCOC. The highest BCUT2D eigenvalue weighted by atomic mass is 16.7. The van der Waals surface area contributed by atoms with Crippen LogP contribution in [0.4, 0.5) is 0 Å². The molecule has 0 aliphatic rings. The first-order valence-electron chi connectivity index (χ1n) is 9.31. The molecule has 0 spiro atoms. The largest absolute Gasteiger partial charge is 0.467 e. The summed E-state index contributed by atoms with van der Waals surface area (Å²) >= 11 is 0. The average molecular weight is 390 g/mol. The molecule has 0 aromatic heterocycles. The molecule has 6 nitrogen and oxygen atoms in total. The third-order valence-corrected chi connectivity index (χ3v) is 4.48. The Bertz CT molecular complexity index is 717. The first-order chi connectivity index (χ1) is 13.7. The Hall–Kier alpha value is -2.12. The maximum atomic E-state index is 11.2. The lowest BCUT2D eigenvalue weighted by Crippen LogP contribution is -2.14. The normalized spacial score (nSPS) is 12.0. The molecule has 0 saturated carbocycles. The van der Waals surface area contributed by atoms with Gasteiger partial charge in [0.1, 0.15) is 17.6 Å².